The number of hydrogen-bond donors (Lipinski definition) is 2. The molecule has 3 rings (SSSR count). The molecule has 0 bridgehead atoms. The smallest absolute Gasteiger partial charge is 0.191 e. The predicted octanol–water partition coefficient (Wildman–Crippen LogP) is 3.36. The maximum atomic E-state index is 13.3. The highest BCUT2D eigenvalue weighted by atomic mass is 19.1. The van der Waals surface area contributed by atoms with Crippen LogP contribution in [0.4, 0.5) is 10.2 Å². The monoisotopic (exact) mass is 443 g/mol. The molecule has 1 aliphatic rings. The highest BCUT2D eigenvalue weighted by Crippen LogP contribution is 2.18. The lowest BCUT2D eigenvalue weighted by Crippen LogP contribution is -2.45. The van der Waals surface area contributed by atoms with Crippen LogP contribution in [0.15, 0.2) is 47.6 Å². The molecule has 1 aromatic carbocycles. The van der Waals surface area contributed by atoms with Gasteiger partial charge in [-0.15, -0.1) is 0 Å². The van der Waals surface area contributed by atoms with Gasteiger partial charge >= 0.3 is 0 Å². The highest BCUT2D eigenvalue weighted by Gasteiger charge is 2.22. The maximum absolute atomic E-state index is 13.3. The van der Waals surface area contributed by atoms with Gasteiger partial charge in [0, 0.05) is 31.9 Å². The molecule has 1 aromatic heterocycles. The first-order valence-electron chi connectivity index (χ1n) is 11.2. The van der Waals surface area contributed by atoms with Crippen LogP contribution in [0.1, 0.15) is 33.3 Å². The molecule has 1 saturated heterocycles. The van der Waals surface area contributed by atoms with Crippen molar-refractivity contribution in [2.24, 2.45) is 4.99 Å². The van der Waals surface area contributed by atoms with E-state index in [2.05, 4.69) is 45.4 Å². The summed E-state index contributed by atoms with van der Waals surface area (Å²) in [4.78, 5) is 11.5. The normalized spacial score (nSPS) is 20.0. The number of nitrogens with one attached hydrogen (secondary N) is 2. The van der Waals surface area contributed by atoms with Crippen LogP contribution in [0.25, 0.3) is 0 Å². The van der Waals surface area contributed by atoms with E-state index in [4.69, 9.17) is 9.47 Å². The van der Waals surface area contributed by atoms with Gasteiger partial charge in [0.15, 0.2) is 5.96 Å². The molecule has 8 heteroatoms. The maximum Gasteiger partial charge on any atom is 0.191 e. The van der Waals surface area contributed by atoms with Crippen molar-refractivity contribution in [2.45, 2.75) is 52.6 Å². The Morgan fingerprint density at radius 2 is 2.03 bits per heavy atom. The van der Waals surface area contributed by atoms with E-state index in [-0.39, 0.29) is 24.1 Å². The number of aliphatic imine (C=N–C) groups is 1. The van der Waals surface area contributed by atoms with E-state index in [1.807, 2.05) is 26.1 Å². The summed E-state index contributed by atoms with van der Waals surface area (Å²) in [5.41, 5.74) is 1.03. The summed E-state index contributed by atoms with van der Waals surface area (Å²) in [6, 6.07) is 10.3. The van der Waals surface area contributed by atoms with Crippen LogP contribution in [0.2, 0.25) is 0 Å². The summed E-state index contributed by atoms with van der Waals surface area (Å²) < 4.78 is 24.9. The zero-order chi connectivity index (χ0) is 22.9. The molecule has 2 N–H and O–H groups in total. The molecule has 0 saturated carbocycles. The van der Waals surface area contributed by atoms with Crippen LogP contribution in [0.5, 0.6) is 5.75 Å². The fourth-order valence-electron chi connectivity index (χ4n) is 3.63. The Bertz CT molecular complexity index is 867. The first kappa shape index (κ1) is 23.8. The van der Waals surface area contributed by atoms with Gasteiger partial charge in [-0.25, -0.2) is 14.4 Å². The molecule has 0 amide bonds. The number of halogens is 1. The molecule has 2 heterocycles. The molecule has 3 unspecified atom stereocenters. The van der Waals surface area contributed by atoms with E-state index in [0.29, 0.717) is 24.8 Å². The average Bonchev–Trinajstić information content (AvgIpc) is 2.75. The summed E-state index contributed by atoms with van der Waals surface area (Å²) in [6.45, 7) is 11.6. The molecule has 3 atom stereocenters. The van der Waals surface area contributed by atoms with Crippen molar-refractivity contribution in [1.29, 1.82) is 0 Å². The zero-order valence-corrected chi connectivity index (χ0v) is 19.3. The van der Waals surface area contributed by atoms with Gasteiger partial charge in [-0.05, 0) is 51.5 Å². The summed E-state index contributed by atoms with van der Waals surface area (Å²) in [5.74, 6) is 1.86. The molecule has 1 aliphatic heterocycles. The van der Waals surface area contributed by atoms with E-state index >= 15 is 0 Å². The van der Waals surface area contributed by atoms with Crippen LogP contribution in [-0.2, 0) is 11.3 Å². The number of guanidine groups is 1. The number of benzene rings is 1. The number of aromatic nitrogens is 1. The van der Waals surface area contributed by atoms with Gasteiger partial charge in [0.1, 0.15) is 23.5 Å². The van der Waals surface area contributed by atoms with Gasteiger partial charge in [-0.3, -0.25) is 0 Å². The molecule has 174 valence electrons. The Kier molecular flexibility index (Phi) is 8.67. The van der Waals surface area contributed by atoms with Gasteiger partial charge in [-0.1, -0.05) is 12.1 Å². The summed E-state index contributed by atoms with van der Waals surface area (Å²) >= 11 is 0. The standard InChI is InChI=1S/C24H34FN5O2/c1-5-26-24(28-12-17(2)32-22-8-6-7-21(25)11-22)29-14-20-9-10-23(27-13-20)30-15-18(3)31-19(4)16-30/h6-11,13,17-19H,5,12,14-16H2,1-4H3,(H2,26,28,29). The molecule has 0 radical (unpaired) electrons. The molecule has 0 aliphatic carbocycles. The fourth-order valence-corrected chi connectivity index (χ4v) is 3.63. The van der Waals surface area contributed by atoms with Gasteiger partial charge in [0.2, 0.25) is 0 Å². The molecule has 32 heavy (non-hydrogen) atoms. The van der Waals surface area contributed by atoms with Crippen molar-refractivity contribution < 1.29 is 13.9 Å². The van der Waals surface area contributed by atoms with Crippen molar-refractivity contribution in [3.8, 4) is 5.75 Å². The molecule has 0 spiro atoms. The highest BCUT2D eigenvalue weighted by molar-refractivity contribution is 5.79. The molecular formula is C24H34FN5O2. The van der Waals surface area contributed by atoms with Crippen LogP contribution in [0, 0.1) is 5.82 Å². The second-order valence-corrected chi connectivity index (χ2v) is 8.15. The largest absolute Gasteiger partial charge is 0.489 e. The minimum absolute atomic E-state index is 0.153. The van der Waals surface area contributed by atoms with Crippen molar-refractivity contribution in [3.05, 3.63) is 54.0 Å². The lowest BCUT2D eigenvalue weighted by Gasteiger charge is -2.36. The topological polar surface area (TPSA) is 71.0 Å². The number of hydrogen-bond acceptors (Lipinski definition) is 5. The predicted molar refractivity (Wildman–Crippen MR) is 126 cm³/mol. The van der Waals surface area contributed by atoms with Crippen LogP contribution < -0.4 is 20.3 Å². The van der Waals surface area contributed by atoms with E-state index in [1.54, 1.807) is 12.1 Å². The van der Waals surface area contributed by atoms with Gasteiger partial charge in [0.25, 0.3) is 0 Å². The van der Waals surface area contributed by atoms with Crippen LogP contribution in [-0.4, -0.2) is 55.4 Å². The molecule has 7 nitrogen and oxygen atoms in total. The van der Waals surface area contributed by atoms with E-state index in [0.717, 1.165) is 31.0 Å². The molecule has 2 aromatic rings. The lowest BCUT2D eigenvalue weighted by molar-refractivity contribution is -0.00546. The first-order valence-corrected chi connectivity index (χ1v) is 11.2. The van der Waals surface area contributed by atoms with Crippen LogP contribution in [0.3, 0.4) is 0 Å². The average molecular weight is 444 g/mol. The first-order chi connectivity index (χ1) is 15.4. The second kappa shape index (κ2) is 11.7. The summed E-state index contributed by atoms with van der Waals surface area (Å²) in [6.07, 6.45) is 2.12. The summed E-state index contributed by atoms with van der Waals surface area (Å²) in [7, 11) is 0. The zero-order valence-electron chi connectivity index (χ0n) is 19.3. The Morgan fingerprint density at radius 3 is 2.69 bits per heavy atom. The van der Waals surface area contributed by atoms with Gasteiger partial charge in [-0.2, -0.15) is 0 Å². The Balaban J connectivity index is 1.52. The summed E-state index contributed by atoms with van der Waals surface area (Å²) in [5, 5.41) is 6.51. The van der Waals surface area contributed by atoms with Crippen molar-refractivity contribution >= 4 is 11.8 Å². The number of nitrogens with zero attached hydrogens (tertiary/aromatic N) is 3. The van der Waals surface area contributed by atoms with Crippen LogP contribution >= 0.6 is 0 Å². The molecular weight excluding hydrogens is 409 g/mol. The quantitative estimate of drug-likeness (QED) is 0.482. The lowest BCUT2D eigenvalue weighted by atomic mass is 10.2. The minimum Gasteiger partial charge on any atom is -0.489 e. The minimum atomic E-state index is -0.310. The van der Waals surface area contributed by atoms with E-state index < -0.39 is 0 Å². The van der Waals surface area contributed by atoms with Gasteiger partial charge < -0.3 is 25.0 Å². The van der Waals surface area contributed by atoms with Crippen molar-refractivity contribution in [3.63, 3.8) is 0 Å². The number of morpholine rings is 1. The van der Waals surface area contributed by atoms with Crippen molar-refractivity contribution in [2.75, 3.05) is 31.1 Å². The SMILES string of the molecule is CCNC(=NCc1ccc(N2CC(C)OC(C)C2)nc1)NCC(C)Oc1cccc(F)c1. The number of rotatable bonds is 8. The van der Waals surface area contributed by atoms with Crippen molar-refractivity contribution in [1.82, 2.24) is 15.6 Å². The van der Waals surface area contributed by atoms with E-state index in [9.17, 15) is 4.39 Å². The Morgan fingerprint density at radius 1 is 1.25 bits per heavy atom. The third kappa shape index (κ3) is 7.37. The molecule has 1 fully saturated rings. The van der Waals surface area contributed by atoms with Gasteiger partial charge in [0.05, 0.1) is 25.3 Å². The van der Waals surface area contributed by atoms with E-state index in [1.165, 1.54) is 12.1 Å². The third-order valence-electron chi connectivity index (χ3n) is 5.01. The second-order valence-electron chi connectivity index (χ2n) is 8.15. The Hall–Kier alpha value is -2.87. The number of pyridine rings is 1. The number of anilines is 1. The third-order valence-corrected chi connectivity index (χ3v) is 5.01. The number of ether oxygens (including phenoxy) is 2. The fraction of sp³-hybridized carbons (Fsp3) is 0.500. The Labute approximate surface area is 190 Å².